The summed E-state index contributed by atoms with van der Waals surface area (Å²) < 4.78 is 22.7. The van der Waals surface area contributed by atoms with Crippen molar-refractivity contribution >= 4 is 23.6 Å². The van der Waals surface area contributed by atoms with Crippen LogP contribution in [0.3, 0.4) is 0 Å². The molecule has 0 bridgehead atoms. The minimum absolute atomic E-state index is 0.0391. The van der Waals surface area contributed by atoms with Gasteiger partial charge in [-0.2, -0.15) is 0 Å². The van der Waals surface area contributed by atoms with E-state index in [9.17, 15) is 14.0 Å². The van der Waals surface area contributed by atoms with Gasteiger partial charge in [0.05, 0.1) is 26.7 Å². The normalized spacial score (nSPS) is 21.6. The maximum Gasteiger partial charge on any atom is 0.325 e. The van der Waals surface area contributed by atoms with Gasteiger partial charge in [-0.25, -0.2) is 4.39 Å². The van der Waals surface area contributed by atoms with E-state index < -0.39 is 22.6 Å². The number of halogens is 1. The van der Waals surface area contributed by atoms with E-state index in [0.717, 1.165) is 10.5 Å². The largest absolute Gasteiger partial charge is 0.494 e. The fraction of sp³-hybridized carbons (Fsp3) is 0.300. The molecular formula is C20H20FNO4S. The molecule has 1 aliphatic heterocycles. The predicted molar refractivity (Wildman–Crippen MR) is 100 cm³/mol. The van der Waals surface area contributed by atoms with Crippen molar-refractivity contribution in [2.75, 3.05) is 14.2 Å². The molecule has 27 heavy (non-hydrogen) atoms. The first-order chi connectivity index (χ1) is 12.9. The summed E-state index contributed by atoms with van der Waals surface area (Å²) in [5.41, 5.74) is 1.66. The van der Waals surface area contributed by atoms with Crippen LogP contribution in [-0.2, 0) is 14.3 Å². The zero-order valence-corrected chi connectivity index (χ0v) is 16.1. The summed E-state index contributed by atoms with van der Waals surface area (Å²) in [7, 11) is 2.66. The molecule has 1 heterocycles. The Hall–Kier alpha value is -2.54. The van der Waals surface area contributed by atoms with Crippen molar-refractivity contribution in [3.05, 3.63) is 59.4 Å². The molecule has 1 fully saturated rings. The van der Waals surface area contributed by atoms with Crippen LogP contribution in [0, 0.1) is 12.7 Å². The van der Waals surface area contributed by atoms with Crippen molar-refractivity contribution in [2.45, 2.75) is 29.0 Å². The summed E-state index contributed by atoms with van der Waals surface area (Å²) >= 11 is 1.27. The Balaban J connectivity index is 2.07. The maximum atomic E-state index is 13.8. The van der Waals surface area contributed by atoms with E-state index in [2.05, 4.69) is 5.32 Å². The van der Waals surface area contributed by atoms with Crippen LogP contribution in [-0.4, -0.2) is 30.8 Å². The molecule has 2 unspecified atom stereocenters. The van der Waals surface area contributed by atoms with Crippen LogP contribution in [0.25, 0.3) is 0 Å². The van der Waals surface area contributed by atoms with Gasteiger partial charge in [-0.15, -0.1) is 11.8 Å². The first-order valence-corrected chi connectivity index (χ1v) is 9.18. The number of amides is 1. The second-order valence-corrected chi connectivity index (χ2v) is 7.77. The lowest BCUT2D eigenvalue weighted by molar-refractivity contribution is -0.144. The lowest BCUT2D eigenvalue weighted by Gasteiger charge is -2.31. The number of rotatable bonds is 5. The quantitative estimate of drug-likeness (QED) is 0.794. The Morgan fingerprint density at radius 1 is 1.22 bits per heavy atom. The van der Waals surface area contributed by atoms with Gasteiger partial charge in [-0.1, -0.05) is 23.8 Å². The molecule has 1 N–H and O–H groups in total. The third-order valence-electron chi connectivity index (χ3n) is 4.56. The smallest absolute Gasteiger partial charge is 0.325 e. The van der Waals surface area contributed by atoms with E-state index in [1.165, 1.54) is 38.1 Å². The van der Waals surface area contributed by atoms with Gasteiger partial charge in [0.1, 0.15) is 0 Å². The molecule has 5 nitrogen and oxygen atoms in total. The fourth-order valence-corrected chi connectivity index (χ4v) is 4.57. The summed E-state index contributed by atoms with van der Waals surface area (Å²) in [5, 5.41) is 2.84. The highest BCUT2D eigenvalue weighted by Gasteiger charge is 2.55. The highest BCUT2D eigenvalue weighted by atomic mass is 32.2. The second kappa shape index (κ2) is 7.60. The van der Waals surface area contributed by atoms with Gasteiger partial charge in [0.25, 0.3) is 0 Å². The van der Waals surface area contributed by atoms with Crippen LogP contribution in [0.2, 0.25) is 0 Å². The van der Waals surface area contributed by atoms with Crippen molar-refractivity contribution in [1.82, 2.24) is 5.32 Å². The van der Waals surface area contributed by atoms with Gasteiger partial charge in [0.15, 0.2) is 16.3 Å². The van der Waals surface area contributed by atoms with Crippen molar-refractivity contribution in [1.29, 1.82) is 0 Å². The highest BCUT2D eigenvalue weighted by molar-refractivity contribution is 8.01. The van der Waals surface area contributed by atoms with Gasteiger partial charge in [0, 0.05) is 4.90 Å². The molecule has 2 atom stereocenters. The molecule has 3 rings (SSSR count). The molecule has 0 aromatic heterocycles. The van der Waals surface area contributed by atoms with Gasteiger partial charge < -0.3 is 14.8 Å². The number of nitrogens with one attached hydrogen (secondary N) is 1. The van der Waals surface area contributed by atoms with E-state index in [0.29, 0.717) is 5.56 Å². The average molecular weight is 389 g/mol. The van der Waals surface area contributed by atoms with Crippen molar-refractivity contribution in [3.8, 4) is 5.75 Å². The fourth-order valence-electron chi connectivity index (χ4n) is 3.19. The molecule has 0 saturated carbocycles. The number of methoxy groups -OCH3 is 2. The minimum Gasteiger partial charge on any atom is -0.494 e. The summed E-state index contributed by atoms with van der Waals surface area (Å²) in [4.78, 5) is 25.9. The number of aryl methyl sites for hydroxylation is 1. The molecule has 2 aromatic carbocycles. The van der Waals surface area contributed by atoms with Gasteiger partial charge >= 0.3 is 5.97 Å². The third kappa shape index (κ3) is 3.64. The average Bonchev–Trinajstić information content (AvgIpc) is 3.00. The molecule has 1 amide bonds. The van der Waals surface area contributed by atoms with Crippen LogP contribution in [0.4, 0.5) is 4.39 Å². The first-order valence-electron chi connectivity index (χ1n) is 8.36. The van der Waals surface area contributed by atoms with Crippen LogP contribution in [0.1, 0.15) is 23.6 Å². The number of hydrogen-bond donors (Lipinski definition) is 1. The summed E-state index contributed by atoms with van der Waals surface area (Å²) in [5.74, 6) is -1.25. The van der Waals surface area contributed by atoms with Gasteiger partial charge in [-0.05, 0) is 36.8 Å². The maximum absolute atomic E-state index is 13.8. The topological polar surface area (TPSA) is 64.6 Å². The predicted octanol–water partition coefficient (Wildman–Crippen LogP) is 3.41. The Kier molecular flexibility index (Phi) is 5.41. The molecule has 0 aliphatic carbocycles. The van der Waals surface area contributed by atoms with Crippen LogP contribution in [0.5, 0.6) is 5.75 Å². The lowest BCUT2D eigenvalue weighted by atomic mass is 9.93. The number of thioether (sulfide) groups is 1. The van der Waals surface area contributed by atoms with Gasteiger partial charge in [-0.3, -0.25) is 9.59 Å². The summed E-state index contributed by atoms with van der Waals surface area (Å²) in [6.07, 6.45) is -0.0391. The zero-order valence-electron chi connectivity index (χ0n) is 15.2. The number of hydrogen-bond acceptors (Lipinski definition) is 5. The Labute approximate surface area is 161 Å². The molecular weight excluding hydrogens is 369 g/mol. The van der Waals surface area contributed by atoms with E-state index in [-0.39, 0.29) is 18.1 Å². The van der Waals surface area contributed by atoms with Gasteiger partial charge in [0.2, 0.25) is 5.91 Å². The molecule has 0 spiro atoms. The third-order valence-corrected chi connectivity index (χ3v) is 5.97. The Morgan fingerprint density at radius 3 is 2.56 bits per heavy atom. The van der Waals surface area contributed by atoms with Crippen LogP contribution < -0.4 is 10.1 Å². The number of carbonyl (C=O) groups excluding carboxylic acids is 2. The van der Waals surface area contributed by atoms with Crippen LogP contribution >= 0.6 is 11.8 Å². The monoisotopic (exact) mass is 389 g/mol. The van der Waals surface area contributed by atoms with Crippen molar-refractivity contribution in [2.24, 2.45) is 0 Å². The molecule has 1 saturated heterocycles. The zero-order chi connectivity index (χ0) is 19.6. The number of ether oxygens (including phenoxy) is 2. The van der Waals surface area contributed by atoms with E-state index in [1.807, 2.05) is 31.2 Å². The van der Waals surface area contributed by atoms with Crippen molar-refractivity contribution in [3.63, 3.8) is 0 Å². The number of benzene rings is 2. The SMILES string of the molecule is COC(=O)C1(Sc2ccc(C)cc2)CC(=O)NC1c1ccc(F)c(OC)c1. The summed E-state index contributed by atoms with van der Waals surface area (Å²) in [6, 6.07) is 11.3. The minimum atomic E-state index is -1.20. The highest BCUT2D eigenvalue weighted by Crippen LogP contribution is 2.49. The van der Waals surface area contributed by atoms with E-state index >= 15 is 0 Å². The van der Waals surface area contributed by atoms with Crippen molar-refractivity contribution < 1.29 is 23.5 Å². The number of carbonyl (C=O) groups is 2. The molecule has 2 aromatic rings. The van der Waals surface area contributed by atoms with E-state index in [1.54, 1.807) is 6.07 Å². The van der Waals surface area contributed by atoms with Crippen LogP contribution in [0.15, 0.2) is 47.4 Å². The summed E-state index contributed by atoms with van der Waals surface area (Å²) in [6.45, 7) is 1.97. The second-order valence-electron chi connectivity index (χ2n) is 6.37. The Bertz CT molecular complexity index is 871. The Morgan fingerprint density at radius 2 is 1.93 bits per heavy atom. The number of esters is 1. The molecule has 0 radical (unpaired) electrons. The first kappa shape index (κ1) is 19.2. The van der Waals surface area contributed by atoms with E-state index in [4.69, 9.17) is 9.47 Å². The molecule has 142 valence electrons. The molecule has 1 aliphatic rings. The lowest BCUT2D eigenvalue weighted by Crippen LogP contribution is -2.41. The standard InChI is InChI=1S/C20H20FNO4S/c1-12-4-7-14(8-5-12)27-20(19(24)26-3)11-17(23)22-18(20)13-6-9-15(21)16(10-13)25-2/h4-10,18H,11H2,1-3H3,(H,22,23). The molecule has 7 heteroatoms.